The minimum Gasteiger partial charge on any atom is -0.453 e. The molecule has 1 saturated heterocycles. The number of benzene rings is 1. The normalized spacial score (nSPS) is 16.5. The average Bonchev–Trinajstić information content (AvgIpc) is 3.39. The highest BCUT2D eigenvalue weighted by Gasteiger charge is 2.20. The molecule has 1 unspecified atom stereocenters. The van der Waals surface area contributed by atoms with Crippen LogP contribution >= 0.6 is 11.6 Å². The van der Waals surface area contributed by atoms with Crippen molar-refractivity contribution in [1.29, 1.82) is 0 Å². The number of nitrogens with zero attached hydrogens (tertiary/aromatic N) is 5. The summed E-state index contributed by atoms with van der Waals surface area (Å²) < 4.78 is 13.2. The van der Waals surface area contributed by atoms with Crippen LogP contribution in [0, 0.1) is 6.92 Å². The second-order valence-electron chi connectivity index (χ2n) is 8.17. The Labute approximate surface area is 196 Å². The number of imidazole rings is 1. The zero-order chi connectivity index (χ0) is 22.9. The molecular formula is C23H26ClN7O2. The van der Waals surface area contributed by atoms with E-state index in [-0.39, 0.29) is 0 Å². The quantitative estimate of drug-likeness (QED) is 0.448. The van der Waals surface area contributed by atoms with Gasteiger partial charge in [0.1, 0.15) is 22.1 Å². The first-order valence-corrected chi connectivity index (χ1v) is 11.2. The summed E-state index contributed by atoms with van der Waals surface area (Å²) in [4.78, 5) is 14.6. The molecule has 10 heteroatoms. The number of ether oxygens (including phenoxy) is 2. The molecular weight excluding hydrogens is 442 g/mol. The number of aromatic amines is 1. The lowest BCUT2D eigenvalue weighted by atomic mass is 10.2. The van der Waals surface area contributed by atoms with E-state index in [9.17, 15) is 0 Å². The van der Waals surface area contributed by atoms with E-state index in [2.05, 4.69) is 42.4 Å². The summed E-state index contributed by atoms with van der Waals surface area (Å²) >= 11 is 6.46. The number of H-pyrrole nitrogens is 1. The Bertz CT molecular complexity index is 1270. The van der Waals surface area contributed by atoms with Crippen LogP contribution in [0.25, 0.3) is 22.6 Å². The minimum atomic E-state index is 0.321. The van der Waals surface area contributed by atoms with Crippen molar-refractivity contribution in [2.75, 3.05) is 38.3 Å². The number of hydrogen-bond donors (Lipinski definition) is 2. The zero-order valence-electron chi connectivity index (χ0n) is 18.8. The lowest BCUT2D eigenvalue weighted by Gasteiger charge is -2.35. The SMILES string of the molecule is COCC1CN(c2ccc(Oc3c(Cl)cnc4nc(-c5cn(C)nc5C)[nH]c34)cc2)CCN1. The van der Waals surface area contributed by atoms with Crippen LogP contribution in [0.5, 0.6) is 11.5 Å². The van der Waals surface area contributed by atoms with Gasteiger partial charge in [0.15, 0.2) is 11.4 Å². The second-order valence-corrected chi connectivity index (χ2v) is 8.58. The summed E-state index contributed by atoms with van der Waals surface area (Å²) in [6.45, 7) is 5.41. The molecule has 0 aliphatic carbocycles. The van der Waals surface area contributed by atoms with Gasteiger partial charge in [-0.05, 0) is 31.2 Å². The Morgan fingerprint density at radius 3 is 2.79 bits per heavy atom. The fraction of sp³-hybridized carbons (Fsp3) is 0.348. The molecule has 1 aliphatic heterocycles. The molecule has 0 spiro atoms. The minimum absolute atomic E-state index is 0.321. The van der Waals surface area contributed by atoms with Gasteiger partial charge in [-0.25, -0.2) is 9.97 Å². The Balaban J connectivity index is 1.40. The maximum atomic E-state index is 6.46. The molecule has 4 heterocycles. The molecule has 0 bridgehead atoms. The molecule has 9 nitrogen and oxygen atoms in total. The van der Waals surface area contributed by atoms with Crippen LogP contribution in [0.3, 0.4) is 0 Å². The highest BCUT2D eigenvalue weighted by atomic mass is 35.5. The van der Waals surface area contributed by atoms with Gasteiger partial charge in [-0.1, -0.05) is 11.6 Å². The summed E-state index contributed by atoms with van der Waals surface area (Å²) in [6.07, 6.45) is 3.48. The molecule has 0 amide bonds. The topological polar surface area (TPSA) is 93.1 Å². The zero-order valence-corrected chi connectivity index (χ0v) is 19.6. The molecule has 1 atom stereocenters. The molecule has 2 N–H and O–H groups in total. The first kappa shape index (κ1) is 21.7. The van der Waals surface area contributed by atoms with Gasteiger partial charge in [-0.2, -0.15) is 5.10 Å². The fourth-order valence-electron chi connectivity index (χ4n) is 4.19. The van der Waals surface area contributed by atoms with Crippen molar-refractivity contribution in [3.05, 3.63) is 47.4 Å². The van der Waals surface area contributed by atoms with E-state index in [1.807, 2.05) is 32.3 Å². The van der Waals surface area contributed by atoms with Crippen molar-refractivity contribution in [2.24, 2.45) is 7.05 Å². The lowest BCUT2D eigenvalue weighted by Crippen LogP contribution is -2.52. The average molecular weight is 468 g/mol. The maximum absolute atomic E-state index is 6.46. The predicted molar refractivity (Wildman–Crippen MR) is 128 cm³/mol. The van der Waals surface area contributed by atoms with Crippen molar-refractivity contribution in [2.45, 2.75) is 13.0 Å². The van der Waals surface area contributed by atoms with E-state index in [4.69, 9.17) is 21.1 Å². The number of nitrogens with one attached hydrogen (secondary N) is 2. The number of pyridine rings is 1. The number of anilines is 1. The molecule has 5 rings (SSSR count). The first-order valence-electron chi connectivity index (χ1n) is 10.8. The number of aryl methyl sites for hydroxylation is 2. The molecule has 1 aliphatic rings. The van der Waals surface area contributed by atoms with Gasteiger partial charge in [0.25, 0.3) is 0 Å². The van der Waals surface area contributed by atoms with Gasteiger partial charge < -0.3 is 24.7 Å². The highest BCUT2D eigenvalue weighted by Crippen LogP contribution is 2.36. The Morgan fingerprint density at radius 2 is 2.06 bits per heavy atom. The molecule has 1 fully saturated rings. The molecule has 3 aromatic heterocycles. The molecule has 0 saturated carbocycles. The Kier molecular flexibility index (Phi) is 5.92. The first-order chi connectivity index (χ1) is 16.0. The summed E-state index contributed by atoms with van der Waals surface area (Å²) in [7, 11) is 3.61. The van der Waals surface area contributed by atoms with Gasteiger partial charge in [-0.15, -0.1) is 0 Å². The Morgan fingerprint density at radius 1 is 1.24 bits per heavy atom. The van der Waals surface area contributed by atoms with E-state index in [1.165, 1.54) is 0 Å². The third kappa shape index (κ3) is 4.39. The molecule has 172 valence electrons. The third-order valence-corrected chi connectivity index (χ3v) is 6.01. The van der Waals surface area contributed by atoms with E-state index in [0.29, 0.717) is 46.2 Å². The number of hydrogen-bond acceptors (Lipinski definition) is 7. The smallest absolute Gasteiger partial charge is 0.182 e. The maximum Gasteiger partial charge on any atom is 0.182 e. The van der Waals surface area contributed by atoms with Crippen LogP contribution < -0.4 is 15.0 Å². The summed E-state index contributed by atoms with van der Waals surface area (Å²) in [5.41, 5.74) is 4.11. The van der Waals surface area contributed by atoms with Crippen LogP contribution in [0.1, 0.15) is 5.69 Å². The van der Waals surface area contributed by atoms with Crippen LogP contribution in [-0.2, 0) is 11.8 Å². The number of methoxy groups -OCH3 is 1. The van der Waals surface area contributed by atoms with E-state index < -0.39 is 0 Å². The summed E-state index contributed by atoms with van der Waals surface area (Å²) in [5, 5.41) is 8.28. The van der Waals surface area contributed by atoms with Gasteiger partial charge >= 0.3 is 0 Å². The lowest BCUT2D eigenvalue weighted by molar-refractivity contribution is 0.163. The van der Waals surface area contributed by atoms with Crippen molar-refractivity contribution >= 4 is 28.5 Å². The van der Waals surface area contributed by atoms with Gasteiger partial charge in [0.05, 0.1) is 24.1 Å². The van der Waals surface area contributed by atoms with Crippen LogP contribution in [0.15, 0.2) is 36.7 Å². The molecule has 1 aromatic carbocycles. The standard InChI is InChI=1S/C23H26ClN7O2/c1-14-18(12-30(2)29-14)22-27-20-21(19(24)10-26-23(20)28-22)33-17-6-4-16(5-7-17)31-9-8-25-15(11-31)13-32-3/h4-7,10,12,15,25H,8-9,11,13H2,1-3H3,(H,26,27,28). The number of fused-ring (bicyclic) bond motifs is 1. The van der Waals surface area contributed by atoms with E-state index in [1.54, 1.807) is 18.0 Å². The third-order valence-electron chi connectivity index (χ3n) is 5.74. The monoisotopic (exact) mass is 467 g/mol. The predicted octanol–water partition coefficient (Wildman–Crippen LogP) is 3.54. The molecule has 0 radical (unpaired) electrons. The largest absolute Gasteiger partial charge is 0.453 e. The van der Waals surface area contributed by atoms with Crippen molar-refractivity contribution in [3.63, 3.8) is 0 Å². The molecule has 4 aromatic rings. The van der Waals surface area contributed by atoms with Crippen molar-refractivity contribution in [3.8, 4) is 22.9 Å². The summed E-state index contributed by atoms with van der Waals surface area (Å²) in [6, 6.07) is 8.35. The van der Waals surface area contributed by atoms with Crippen LogP contribution in [-0.4, -0.2) is 64.1 Å². The van der Waals surface area contributed by atoms with Crippen LogP contribution in [0.2, 0.25) is 5.02 Å². The number of piperazine rings is 1. The number of halogens is 1. The number of aromatic nitrogens is 5. The van der Waals surface area contributed by atoms with E-state index >= 15 is 0 Å². The van der Waals surface area contributed by atoms with Gasteiger partial charge in [0.2, 0.25) is 0 Å². The van der Waals surface area contributed by atoms with Gasteiger partial charge in [0, 0.05) is 51.7 Å². The Hall–Kier alpha value is -3.14. The van der Waals surface area contributed by atoms with Crippen molar-refractivity contribution < 1.29 is 9.47 Å². The van der Waals surface area contributed by atoms with Crippen molar-refractivity contribution in [1.82, 2.24) is 30.0 Å². The number of rotatable bonds is 6. The molecule has 33 heavy (non-hydrogen) atoms. The fourth-order valence-corrected chi connectivity index (χ4v) is 4.37. The second kappa shape index (κ2) is 9.01. The highest BCUT2D eigenvalue weighted by molar-refractivity contribution is 6.32. The summed E-state index contributed by atoms with van der Waals surface area (Å²) in [5.74, 6) is 1.86. The van der Waals surface area contributed by atoms with Gasteiger partial charge in [-0.3, -0.25) is 4.68 Å². The van der Waals surface area contributed by atoms with E-state index in [0.717, 1.165) is 36.6 Å². The van der Waals surface area contributed by atoms with Crippen LogP contribution in [0.4, 0.5) is 5.69 Å².